The summed E-state index contributed by atoms with van der Waals surface area (Å²) in [5, 5.41) is 14.7. The first-order valence-electron chi connectivity index (χ1n) is 9.69. The minimum absolute atomic E-state index is 0.0122. The van der Waals surface area contributed by atoms with Crippen LogP contribution in [-0.4, -0.2) is 20.9 Å². The van der Waals surface area contributed by atoms with Gasteiger partial charge in [0.05, 0.1) is 5.69 Å². The highest BCUT2D eigenvalue weighted by Gasteiger charge is 2.28. The van der Waals surface area contributed by atoms with E-state index in [1.54, 1.807) is 6.07 Å². The van der Waals surface area contributed by atoms with Gasteiger partial charge in [0.2, 0.25) is 0 Å². The van der Waals surface area contributed by atoms with Gasteiger partial charge in [-0.3, -0.25) is 0 Å². The third kappa shape index (κ3) is 3.14. The number of esters is 1. The molecule has 1 aliphatic carbocycles. The molecule has 0 atom stereocenters. The lowest BCUT2D eigenvalue weighted by Gasteiger charge is -2.07. The molecule has 5 rings (SSSR count). The zero-order valence-electron chi connectivity index (χ0n) is 16.0. The Balaban J connectivity index is 1.45. The molecule has 4 aromatic rings. The fourth-order valence-electron chi connectivity index (χ4n) is 3.93. The summed E-state index contributed by atoms with van der Waals surface area (Å²) in [5.41, 5.74) is 3.35. The Labute approximate surface area is 171 Å². The Kier molecular flexibility index (Phi) is 4.35. The topological polar surface area (TPSA) is 94.6 Å². The van der Waals surface area contributed by atoms with E-state index in [0.717, 1.165) is 36.2 Å². The Morgan fingerprint density at radius 1 is 1.13 bits per heavy atom. The molecule has 0 unspecified atom stereocenters. The smallest absolute Gasteiger partial charge is 0.359 e. The molecule has 2 aromatic heterocycles. The SMILES string of the molecule is O=C(OCc1cc(=O)oc2cc(O)ccc12)c1nn(-c2ccccc2)c2c1CCC2. The summed E-state index contributed by atoms with van der Waals surface area (Å²) in [7, 11) is 0. The molecule has 1 aliphatic rings. The Morgan fingerprint density at radius 3 is 2.80 bits per heavy atom. The van der Waals surface area contributed by atoms with E-state index in [4.69, 9.17) is 9.15 Å². The van der Waals surface area contributed by atoms with Crippen molar-refractivity contribution in [2.24, 2.45) is 0 Å². The van der Waals surface area contributed by atoms with Gasteiger partial charge >= 0.3 is 11.6 Å². The predicted octanol–water partition coefficient (Wildman–Crippen LogP) is 3.53. The van der Waals surface area contributed by atoms with Crippen molar-refractivity contribution in [1.29, 1.82) is 0 Å². The van der Waals surface area contributed by atoms with Crippen LogP contribution >= 0.6 is 0 Å². The van der Waals surface area contributed by atoms with Gasteiger partial charge in [-0.1, -0.05) is 18.2 Å². The lowest BCUT2D eigenvalue weighted by Crippen LogP contribution is -2.11. The second kappa shape index (κ2) is 7.18. The average Bonchev–Trinajstić information content (AvgIpc) is 3.35. The van der Waals surface area contributed by atoms with Crippen molar-refractivity contribution in [3.63, 3.8) is 0 Å². The summed E-state index contributed by atoms with van der Waals surface area (Å²) in [6.45, 7) is -0.0985. The zero-order chi connectivity index (χ0) is 20.7. The number of carbonyl (C=O) groups excluding carboxylic acids is 1. The molecule has 0 bridgehead atoms. The second-order valence-electron chi connectivity index (χ2n) is 7.22. The molecule has 0 spiro atoms. The molecule has 0 fully saturated rings. The normalized spacial score (nSPS) is 12.8. The lowest BCUT2D eigenvalue weighted by molar-refractivity contribution is 0.0465. The van der Waals surface area contributed by atoms with E-state index < -0.39 is 11.6 Å². The maximum Gasteiger partial charge on any atom is 0.359 e. The molecule has 0 aliphatic heterocycles. The molecular weight excluding hydrogens is 384 g/mol. The van der Waals surface area contributed by atoms with Crippen LogP contribution in [0, 0.1) is 0 Å². The molecule has 1 N–H and O–H groups in total. The molecule has 0 saturated carbocycles. The van der Waals surface area contributed by atoms with Gasteiger partial charge in [-0.2, -0.15) is 5.10 Å². The largest absolute Gasteiger partial charge is 0.508 e. The Morgan fingerprint density at radius 2 is 1.97 bits per heavy atom. The number of carbonyl (C=O) groups is 1. The van der Waals surface area contributed by atoms with Gasteiger partial charge in [-0.25, -0.2) is 14.3 Å². The molecule has 0 radical (unpaired) electrons. The molecule has 2 aromatic carbocycles. The number of benzene rings is 2. The number of fused-ring (bicyclic) bond motifs is 2. The highest BCUT2D eigenvalue weighted by atomic mass is 16.5. The van der Waals surface area contributed by atoms with E-state index in [-0.39, 0.29) is 17.9 Å². The highest BCUT2D eigenvalue weighted by Crippen LogP contribution is 2.29. The van der Waals surface area contributed by atoms with Gasteiger partial charge in [-0.05, 0) is 43.5 Å². The maximum atomic E-state index is 12.9. The number of phenolic OH excluding ortho intramolecular Hbond substituents is 1. The van der Waals surface area contributed by atoms with E-state index in [2.05, 4.69) is 5.10 Å². The number of aromatic nitrogens is 2. The van der Waals surface area contributed by atoms with Crippen LogP contribution in [0.4, 0.5) is 0 Å². The Hall–Kier alpha value is -3.87. The number of hydrogen-bond acceptors (Lipinski definition) is 6. The van der Waals surface area contributed by atoms with Crippen molar-refractivity contribution in [2.45, 2.75) is 25.9 Å². The molecule has 150 valence electrons. The number of para-hydroxylation sites is 1. The number of nitrogens with zero attached hydrogens (tertiary/aromatic N) is 2. The third-order valence-electron chi connectivity index (χ3n) is 5.30. The van der Waals surface area contributed by atoms with Crippen LogP contribution in [0.25, 0.3) is 16.7 Å². The Bertz CT molecular complexity index is 1320. The third-order valence-corrected chi connectivity index (χ3v) is 5.30. The van der Waals surface area contributed by atoms with E-state index >= 15 is 0 Å². The maximum absolute atomic E-state index is 12.9. The fourth-order valence-corrected chi connectivity index (χ4v) is 3.93. The van der Waals surface area contributed by atoms with Gasteiger partial charge in [0, 0.05) is 34.3 Å². The summed E-state index contributed by atoms with van der Waals surface area (Å²) < 4.78 is 12.5. The van der Waals surface area contributed by atoms with Crippen LogP contribution in [-0.2, 0) is 24.2 Å². The second-order valence-corrected chi connectivity index (χ2v) is 7.22. The van der Waals surface area contributed by atoms with Gasteiger partial charge < -0.3 is 14.3 Å². The van der Waals surface area contributed by atoms with Crippen LogP contribution in [0.15, 0.2) is 63.8 Å². The molecule has 0 amide bonds. The van der Waals surface area contributed by atoms with Crippen molar-refractivity contribution in [1.82, 2.24) is 9.78 Å². The quantitative estimate of drug-likeness (QED) is 0.415. The minimum atomic E-state index is -0.576. The van der Waals surface area contributed by atoms with Crippen molar-refractivity contribution in [2.75, 3.05) is 0 Å². The molecular formula is C23H18N2O5. The first kappa shape index (κ1) is 18.2. The number of phenols is 1. The molecule has 2 heterocycles. The fraction of sp³-hybridized carbons (Fsp3) is 0.174. The van der Waals surface area contributed by atoms with E-state index in [0.29, 0.717) is 16.6 Å². The van der Waals surface area contributed by atoms with Crippen LogP contribution in [0.3, 0.4) is 0 Å². The van der Waals surface area contributed by atoms with Crippen LogP contribution in [0.1, 0.15) is 33.7 Å². The average molecular weight is 402 g/mol. The van der Waals surface area contributed by atoms with E-state index in [1.807, 2.05) is 35.0 Å². The van der Waals surface area contributed by atoms with Gasteiger partial charge in [0.1, 0.15) is 17.9 Å². The molecule has 7 nitrogen and oxygen atoms in total. The number of ether oxygens (including phenoxy) is 1. The summed E-state index contributed by atoms with van der Waals surface area (Å²) in [5.74, 6) is -0.537. The van der Waals surface area contributed by atoms with E-state index in [9.17, 15) is 14.7 Å². The van der Waals surface area contributed by atoms with Crippen molar-refractivity contribution >= 4 is 16.9 Å². The van der Waals surface area contributed by atoms with Gasteiger partial charge in [-0.15, -0.1) is 0 Å². The minimum Gasteiger partial charge on any atom is -0.508 e. The predicted molar refractivity (Wildman–Crippen MR) is 109 cm³/mol. The number of hydrogen-bond donors (Lipinski definition) is 1. The first-order valence-corrected chi connectivity index (χ1v) is 9.69. The van der Waals surface area contributed by atoms with E-state index in [1.165, 1.54) is 18.2 Å². The first-order chi connectivity index (χ1) is 14.6. The summed E-state index contributed by atoms with van der Waals surface area (Å²) in [6, 6.07) is 15.5. The van der Waals surface area contributed by atoms with Gasteiger partial charge in [0.15, 0.2) is 5.69 Å². The lowest BCUT2D eigenvalue weighted by atomic mass is 10.1. The number of aromatic hydroxyl groups is 1. The van der Waals surface area contributed by atoms with Crippen molar-refractivity contribution in [3.8, 4) is 11.4 Å². The van der Waals surface area contributed by atoms with Gasteiger partial charge in [0.25, 0.3) is 0 Å². The van der Waals surface area contributed by atoms with Crippen LogP contribution < -0.4 is 5.63 Å². The van der Waals surface area contributed by atoms with Crippen LogP contribution in [0.2, 0.25) is 0 Å². The molecule has 0 saturated heterocycles. The molecule has 7 heteroatoms. The summed E-state index contributed by atoms with van der Waals surface area (Å²) in [6.07, 6.45) is 2.61. The van der Waals surface area contributed by atoms with Crippen molar-refractivity contribution in [3.05, 3.63) is 87.5 Å². The molecule has 30 heavy (non-hydrogen) atoms. The van der Waals surface area contributed by atoms with Crippen LogP contribution in [0.5, 0.6) is 5.75 Å². The standard InChI is InChI=1S/C23H18N2O5/c26-16-9-10-17-14(11-21(27)30-20(17)12-16)13-29-23(28)22-18-7-4-8-19(18)25(24-22)15-5-2-1-3-6-15/h1-3,5-6,9-12,26H,4,7-8,13H2. The monoisotopic (exact) mass is 402 g/mol. The number of rotatable bonds is 4. The zero-order valence-corrected chi connectivity index (χ0v) is 16.0. The summed E-state index contributed by atoms with van der Waals surface area (Å²) in [4.78, 5) is 24.7. The summed E-state index contributed by atoms with van der Waals surface area (Å²) >= 11 is 0. The highest BCUT2D eigenvalue weighted by molar-refractivity contribution is 5.90. The van der Waals surface area contributed by atoms with Crippen molar-refractivity contribution < 1.29 is 19.1 Å².